The van der Waals surface area contributed by atoms with Crippen LogP contribution in [0.1, 0.15) is 64.4 Å². The highest BCUT2D eigenvalue weighted by atomic mass is 16.5. The predicted octanol–water partition coefficient (Wildman–Crippen LogP) is 5.63. The molecule has 0 radical (unpaired) electrons. The fraction of sp³-hybridized carbons (Fsp3) is 0.310. The largest absolute Gasteiger partial charge is 0.493 e. The Bertz CT molecular complexity index is 1010. The van der Waals surface area contributed by atoms with Gasteiger partial charge in [-0.15, -0.1) is 0 Å². The molecule has 5 nitrogen and oxygen atoms in total. The first-order valence-corrected chi connectivity index (χ1v) is 12.0. The second-order valence-electron chi connectivity index (χ2n) is 8.52. The lowest BCUT2D eigenvalue weighted by atomic mass is 10.0. The molecule has 0 fully saturated rings. The van der Waals surface area contributed by atoms with Crippen molar-refractivity contribution in [3.8, 4) is 5.75 Å². The lowest BCUT2D eigenvalue weighted by Gasteiger charge is -2.22. The molecule has 3 aromatic carbocycles. The molecule has 0 aromatic heterocycles. The van der Waals surface area contributed by atoms with Gasteiger partial charge >= 0.3 is 0 Å². The lowest BCUT2D eigenvalue weighted by Crippen LogP contribution is -2.29. The van der Waals surface area contributed by atoms with Crippen LogP contribution in [-0.4, -0.2) is 29.7 Å². The Morgan fingerprint density at radius 2 is 1.44 bits per heavy atom. The quantitative estimate of drug-likeness (QED) is 0.251. The molecule has 3 aromatic rings. The summed E-state index contributed by atoms with van der Waals surface area (Å²) in [7, 11) is 0. The van der Waals surface area contributed by atoms with Crippen molar-refractivity contribution < 1.29 is 14.3 Å². The third kappa shape index (κ3) is 7.85. The summed E-state index contributed by atoms with van der Waals surface area (Å²) < 4.78 is 5.80. The average molecular weight is 459 g/mol. The number of hydrogen-bond acceptors (Lipinski definition) is 4. The molecule has 0 spiro atoms. The van der Waals surface area contributed by atoms with E-state index in [2.05, 4.69) is 36.1 Å². The highest BCUT2D eigenvalue weighted by molar-refractivity contribution is 6.02. The summed E-state index contributed by atoms with van der Waals surface area (Å²) in [6.45, 7) is 4.18. The predicted molar refractivity (Wildman–Crippen MR) is 136 cm³/mol. The number of rotatable bonds is 14. The number of primary amides is 1. The third-order valence-electron chi connectivity index (χ3n) is 5.69. The summed E-state index contributed by atoms with van der Waals surface area (Å²) in [5, 5.41) is 0. The van der Waals surface area contributed by atoms with Crippen LogP contribution in [0.4, 0.5) is 0 Å². The van der Waals surface area contributed by atoms with Crippen LogP contribution in [0.5, 0.6) is 5.75 Å². The van der Waals surface area contributed by atoms with Crippen LogP contribution in [0.15, 0.2) is 78.9 Å². The molecule has 0 atom stereocenters. The molecule has 5 heteroatoms. The van der Waals surface area contributed by atoms with Gasteiger partial charge in [0.2, 0.25) is 0 Å². The Hall–Kier alpha value is -3.44. The maximum Gasteiger partial charge on any atom is 0.252 e. The van der Waals surface area contributed by atoms with Gasteiger partial charge in [-0.25, -0.2) is 0 Å². The molecule has 0 saturated carbocycles. The van der Waals surface area contributed by atoms with E-state index in [4.69, 9.17) is 10.5 Å². The highest BCUT2D eigenvalue weighted by Gasteiger charge is 2.18. The molecule has 0 aliphatic heterocycles. The van der Waals surface area contributed by atoms with E-state index in [0.717, 1.165) is 36.8 Å². The first-order valence-electron chi connectivity index (χ1n) is 12.0. The average Bonchev–Trinajstić information content (AvgIpc) is 2.85. The molecule has 1 amide bonds. The maximum atomic E-state index is 13.2. The van der Waals surface area contributed by atoms with Crippen LogP contribution >= 0.6 is 0 Å². The zero-order valence-corrected chi connectivity index (χ0v) is 19.9. The van der Waals surface area contributed by atoms with Gasteiger partial charge < -0.3 is 10.5 Å². The van der Waals surface area contributed by atoms with E-state index in [9.17, 15) is 9.59 Å². The van der Waals surface area contributed by atoms with Crippen LogP contribution in [0.25, 0.3) is 0 Å². The topological polar surface area (TPSA) is 72.6 Å². The number of hydrogen-bond donors (Lipinski definition) is 1. The summed E-state index contributed by atoms with van der Waals surface area (Å²) in [4.78, 5) is 27.4. The van der Waals surface area contributed by atoms with E-state index in [-0.39, 0.29) is 17.9 Å². The molecule has 178 valence electrons. The van der Waals surface area contributed by atoms with E-state index in [1.54, 1.807) is 18.2 Å². The van der Waals surface area contributed by atoms with Crippen molar-refractivity contribution in [1.82, 2.24) is 4.90 Å². The van der Waals surface area contributed by atoms with E-state index in [0.29, 0.717) is 31.0 Å². The second-order valence-corrected chi connectivity index (χ2v) is 8.52. The van der Waals surface area contributed by atoms with Gasteiger partial charge in [-0.3, -0.25) is 14.5 Å². The van der Waals surface area contributed by atoms with Crippen LogP contribution in [0, 0.1) is 0 Å². The smallest absolute Gasteiger partial charge is 0.252 e. The minimum atomic E-state index is -0.594. The van der Waals surface area contributed by atoms with E-state index in [1.165, 1.54) is 0 Å². The van der Waals surface area contributed by atoms with Gasteiger partial charge in [0, 0.05) is 18.7 Å². The van der Waals surface area contributed by atoms with Gasteiger partial charge in [0.25, 0.3) is 5.91 Å². The summed E-state index contributed by atoms with van der Waals surface area (Å²) in [5.74, 6) is -0.224. The van der Waals surface area contributed by atoms with Gasteiger partial charge in [0.05, 0.1) is 18.7 Å². The van der Waals surface area contributed by atoms with E-state index in [1.807, 2.05) is 36.4 Å². The number of unbranched alkanes of at least 4 members (excludes halogenated alkanes) is 3. The zero-order valence-electron chi connectivity index (χ0n) is 19.9. The number of nitrogens with two attached hydrogens (primary N) is 1. The van der Waals surface area contributed by atoms with Crippen LogP contribution in [-0.2, 0) is 13.1 Å². The van der Waals surface area contributed by atoms with Crippen molar-refractivity contribution in [2.24, 2.45) is 5.73 Å². The summed E-state index contributed by atoms with van der Waals surface area (Å²) in [6, 6.07) is 25.2. The second kappa shape index (κ2) is 13.3. The van der Waals surface area contributed by atoms with Gasteiger partial charge in [-0.05, 0) is 35.7 Å². The number of amides is 1. The monoisotopic (exact) mass is 458 g/mol. The third-order valence-corrected chi connectivity index (χ3v) is 5.69. The van der Waals surface area contributed by atoms with Crippen molar-refractivity contribution in [2.45, 2.75) is 45.7 Å². The number of benzene rings is 3. The Morgan fingerprint density at radius 1 is 0.824 bits per heavy atom. The van der Waals surface area contributed by atoms with Crippen LogP contribution in [0.3, 0.4) is 0 Å². The van der Waals surface area contributed by atoms with Crippen molar-refractivity contribution in [1.29, 1.82) is 0 Å². The number of carbonyl (C=O) groups excluding carboxylic acids is 2. The Balaban J connectivity index is 1.73. The summed E-state index contributed by atoms with van der Waals surface area (Å²) >= 11 is 0. The van der Waals surface area contributed by atoms with Crippen LogP contribution in [0.2, 0.25) is 0 Å². The fourth-order valence-electron chi connectivity index (χ4n) is 3.88. The molecule has 0 heterocycles. The Labute approximate surface area is 202 Å². The minimum absolute atomic E-state index is 0.0659. The molecule has 0 saturated heterocycles. The van der Waals surface area contributed by atoms with Gasteiger partial charge in [-0.2, -0.15) is 0 Å². The van der Waals surface area contributed by atoms with Crippen LogP contribution < -0.4 is 10.5 Å². The first-order chi connectivity index (χ1) is 16.6. The first kappa shape index (κ1) is 25.2. The van der Waals surface area contributed by atoms with Crippen molar-refractivity contribution >= 4 is 11.7 Å². The lowest BCUT2D eigenvalue weighted by molar-refractivity contribution is 0.0920. The molecule has 0 aliphatic rings. The van der Waals surface area contributed by atoms with Gasteiger partial charge in [0.1, 0.15) is 5.75 Å². The molecule has 0 aliphatic carbocycles. The van der Waals surface area contributed by atoms with E-state index < -0.39 is 5.91 Å². The minimum Gasteiger partial charge on any atom is -0.493 e. The summed E-state index contributed by atoms with van der Waals surface area (Å²) in [5.41, 5.74) is 8.58. The normalized spacial score (nSPS) is 10.9. The molecule has 34 heavy (non-hydrogen) atoms. The maximum absolute atomic E-state index is 13.2. The molecule has 0 unspecified atom stereocenters. The number of carbonyl (C=O) groups is 2. The SMILES string of the molecule is CCCCCCOc1ccc(C(=O)CN(Cc2ccccc2)Cc2ccccc2)cc1C(N)=O. The standard InChI is InChI=1S/C29H34N2O3/c1-2-3-4-11-18-34-28-17-16-25(19-26(28)29(30)33)27(32)22-31(20-23-12-7-5-8-13-23)21-24-14-9-6-10-15-24/h5-10,12-17,19H,2-4,11,18,20-22H2,1H3,(H2,30,33). The van der Waals surface area contributed by atoms with Crippen molar-refractivity contribution in [2.75, 3.05) is 13.2 Å². The van der Waals surface area contributed by atoms with E-state index >= 15 is 0 Å². The molecule has 3 rings (SSSR count). The number of Topliss-reactive ketones (excluding diaryl/α,β-unsaturated/α-hetero) is 1. The van der Waals surface area contributed by atoms with Crippen molar-refractivity contribution in [3.63, 3.8) is 0 Å². The van der Waals surface area contributed by atoms with Crippen molar-refractivity contribution in [3.05, 3.63) is 101 Å². The Kier molecular flexibility index (Phi) is 9.86. The molecule has 0 bridgehead atoms. The number of ether oxygens (including phenoxy) is 1. The number of ketones is 1. The highest BCUT2D eigenvalue weighted by Crippen LogP contribution is 2.22. The fourth-order valence-corrected chi connectivity index (χ4v) is 3.88. The molecule has 2 N–H and O–H groups in total. The van der Waals surface area contributed by atoms with Gasteiger partial charge in [0.15, 0.2) is 5.78 Å². The number of nitrogens with zero attached hydrogens (tertiary/aromatic N) is 1. The van der Waals surface area contributed by atoms with Gasteiger partial charge in [-0.1, -0.05) is 86.8 Å². The summed E-state index contributed by atoms with van der Waals surface area (Å²) in [6.07, 6.45) is 4.30. The Morgan fingerprint density at radius 3 is 2.00 bits per heavy atom. The zero-order chi connectivity index (χ0) is 24.2. The molecular weight excluding hydrogens is 424 g/mol. The molecular formula is C29H34N2O3.